The Balaban J connectivity index is 2.00. The molecular formula is C22H20O8. The molecule has 4 rings (SSSR count). The summed E-state index contributed by atoms with van der Waals surface area (Å²) >= 11 is 0. The lowest BCUT2D eigenvalue weighted by Gasteiger charge is -2.23. The molecule has 0 unspecified atom stereocenters. The van der Waals surface area contributed by atoms with E-state index in [9.17, 15) is 9.59 Å². The number of esters is 2. The second-order valence-electron chi connectivity index (χ2n) is 6.63. The fourth-order valence-corrected chi connectivity index (χ4v) is 3.64. The van der Waals surface area contributed by atoms with Crippen molar-refractivity contribution in [1.29, 1.82) is 0 Å². The highest BCUT2D eigenvalue weighted by atomic mass is 16.7. The molecule has 2 aliphatic heterocycles. The summed E-state index contributed by atoms with van der Waals surface area (Å²) < 4.78 is 32.7. The van der Waals surface area contributed by atoms with Gasteiger partial charge in [0.25, 0.3) is 0 Å². The van der Waals surface area contributed by atoms with Crippen LogP contribution in [-0.4, -0.2) is 39.6 Å². The predicted octanol–water partition coefficient (Wildman–Crippen LogP) is 2.94. The van der Waals surface area contributed by atoms with E-state index >= 15 is 0 Å². The topological polar surface area (TPSA) is 89.5 Å². The molecule has 0 radical (unpaired) electrons. The van der Waals surface area contributed by atoms with Crippen molar-refractivity contribution in [3.05, 3.63) is 58.9 Å². The maximum absolute atomic E-state index is 12.7. The lowest BCUT2D eigenvalue weighted by Crippen LogP contribution is -2.15. The quantitative estimate of drug-likeness (QED) is 0.529. The van der Waals surface area contributed by atoms with Gasteiger partial charge in [-0.2, -0.15) is 0 Å². The van der Waals surface area contributed by atoms with Crippen LogP contribution < -0.4 is 18.9 Å². The summed E-state index contributed by atoms with van der Waals surface area (Å²) in [5.41, 5.74) is 1.49. The number of benzene rings is 2. The van der Waals surface area contributed by atoms with E-state index in [0.717, 1.165) is 0 Å². The molecule has 2 aliphatic rings. The number of fused-ring (bicyclic) bond motifs is 1. The van der Waals surface area contributed by atoms with E-state index in [4.69, 9.17) is 28.4 Å². The van der Waals surface area contributed by atoms with E-state index < -0.39 is 17.9 Å². The zero-order valence-electron chi connectivity index (χ0n) is 16.7. The molecule has 0 N–H and O–H groups in total. The number of hydrogen-bond donors (Lipinski definition) is 0. The van der Waals surface area contributed by atoms with E-state index in [2.05, 4.69) is 0 Å². The Morgan fingerprint density at radius 2 is 1.70 bits per heavy atom. The van der Waals surface area contributed by atoms with Gasteiger partial charge in [-0.25, -0.2) is 4.79 Å². The molecule has 8 nitrogen and oxygen atoms in total. The van der Waals surface area contributed by atoms with Crippen molar-refractivity contribution in [2.24, 2.45) is 0 Å². The van der Waals surface area contributed by atoms with Gasteiger partial charge in [-0.3, -0.25) is 4.79 Å². The summed E-state index contributed by atoms with van der Waals surface area (Å²) in [5.74, 6) is 0.382. The van der Waals surface area contributed by atoms with Crippen LogP contribution in [0.1, 0.15) is 24.0 Å². The summed E-state index contributed by atoms with van der Waals surface area (Å²) in [5, 5.41) is 0. The standard InChI is InChI=1S/C22H20O8/c1-12(23)30-16-9-18-17(28-11-29-18)8-14(16)20(13-6-4-5-7-15(13)25-2)21-19(26-3)10-27-22(21)24/h4-9,20H,10-11H2,1-3H3/t20-/m0/s1. The minimum absolute atomic E-state index is 0.0176. The number of rotatable bonds is 6. The van der Waals surface area contributed by atoms with Gasteiger partial charge in [0.15, 0.2) is 11.5 Å². The first kappa shape index (κ1) is 19.6. The molecule has 0 saturated carbocycles. The molecule has 2 aromatic rings. The van der Waals surface area contributed by atoms with Gasteiger partial charge in [-0.1, -0.05) is 18.2 Å². The largest absolute Gasteiger partial charge is 0.497 e. The lowest BCUT2D eigenvalue weighted by atomic mass is 9.83. The monoisotopic (exact) mass is 412 g/mol. The van der Waals surface area contributed by atoms with Crippen LogP contribution in [0.2, 0.25) is 0 Å². The van der Waals surface area contributed by atoms with Crippen molar-refractivity contribution in [3.8, 4) is 23.0 Å². The summed E-state index contributed by atoms with van der Waals surface area (Å²) in [6.45, 7) is 1.37. The summed E-state index contributed by atoms with van der Waals surface area (Å²) in [6.07, 6.45) is 0. The lowest BCUT2D eigenvalue weighted by molar-refractivity contribution is -0.136. The van der Waals surface area contributed by atoms with E-state index in [0.29, 0.717) is 39.7 Å². The van der Waals surface area contributed by atoms with Crippen molar-refractivity contribution in [2.75, 3.05) is 27.6 Å². The molecule has 0 fully saturated rings. The average molecular weight is 412 g/mol. The Hall–Kier alpha value is -3.68. The van der Waals surface area contributed by atoms with Gasteiger partial charge >= 0.3 is 11.9 Å². The van der Waals surface area contributed by atoms with Gasteiger partial charge in [0.1, 0.15) is 23.9 Å². The Kier molecular flexibility index (Phi) is 5.22. The highest BCUT2D eigenvalue weighted by molar-refractivity contribution is 5.94. The van der Waals surface area contributed by atoms with Gasteiger partial charge in [0, 0.05) is 24.1 Å². The number of methoxy groups -OCH3 is 2. The number of para-hydroxylation sites is 1. The van der Waals surface area contributed by atoms with Crippen LogP contribution in [0.4, 0.5) is 0 Å². The van der Waals surface area contributed by atoms with E-state index in [1.54, 1.807) is 25.3 Å². The second-order valence-corrected chi connectivity index (χ2v) is 6.63. The smallest absolute Gasteiger partial charge is 0.339 e. The minimum atomic E-state index is -0.699. The van der Waals surface area contributed by atoms with Crippen molar-refractivity contribution < 1.29 is 38.0 Å². The molecule has 2 heterocycles. The average Bonchev–Trinajstić information content (AvgIpc) is 3.34. The molecule has 8 heteroatoms. The van der Waals surface area contributed by atoms with Crippen LogP contribution >= 0.6 is 0 Å². The van der Waals surface area contributed by atoms with Gasteiger partial charge in [-0.05, 0) is 12.1 Å². The van der Waals surface area contributed by atoms with E-state index in [-0.39, 0.29) is 19.1 Å². The van der Waals surface area contributed by atoms with E-state index in [1.165, 1.54) is 14.0 Å². The van der Waals surface area contributed by atoms with Gasteiger partial charge in [0.05, 0.1) is 25.7 Å². The zero-order chi connectivity index (χ0) is 21.3. The third-order valence-corrected chi connectivity index (χ3v) is 4.91. The number of carbonyl (C=O) groups is 2. The number of cyclic esters (lactones) is 1. The molecule has 2 aromatic carbocycles. The molecule has 30 heavy (non-hydrogen) atoms. The molecule has 0 aromatic heterocycles. The Morgan fingerprint density at radius 3 is 2.40 bits per heavy atom. The Labute approximate surface area is 172 Å². The first-order valence-corrected chi connectivity index (χ1v) is 9.22. The Morgan fingerprint density at radius 1 is 0.967 bits per heavy atom. The predicted molar refractivity (Wildman–Crippen MR) is 104 cm³/mol. The fraction of sp³-hybridized carbons (Fsp3) is 0.273. The van der Waals surface area contributed by atoms with Crippen LogP contribution in [0, 0.1) is 0 Å². The molecule has 0 saturated heterocycles. The van der Waals surface area contributed by atoms with Gasteiger partial charge < -0.3 is 28.4 Å². The Bertz CT molecular complexity index is 1040. The van der Waals surface area contributed by atoms with Crippen molar-refractivity contribution in [3.63, 3.8) is 0 Å². The molecule has 0 aliphatic carbocycles. The van der Waals surface area contributed by atoms with Crippen LogP contribution in [0.15, 0.2) is 47.7 Å². The van der Waals surface area contributed by atoms with Gasteiger partial charge in [0.2, 0.25) is 6.79 Å². The minimum Gasteiger partial charge on any atom is -0.497 e. The molecule has 0 amide bonds. The maximum atomic E-state index is 12.7. The van der Waals surface area contributed by atoms with Crippen LogP contribution in [-0.2, 0) is 19.1 Å². The highest BCUT2D eigenvalue weighted by Gasteiger charge is 2.38. The van der Waals surface area contributed by atoms with Crippen LogP contribution in [0.5, 0.6) is 23.0 Å². The molecule has 0 spiro atoms. The van der Waals surface area contributed by atoms with Crippen molar-refractivity contribution in [1.82, 2.24) is 0 Å². The third kappa shape index (κ3) is 3.41. The molecule has 156 valence electrons. The SMILES string of the molecule is COC1=C([C@@H](c2ccccc2OC)c2cc3c(cc2OC(C)=O)OCO3)C(=O)OC1. The summed E-state index contributed by atoms with van der Waals surface area (Å²) in [4.78, 5) is 24.5. The third-order valence-electron chi connectivity index (χ3n) is 4.91. The normalized spacial score (nSPS) is 15.6. The zero-order valence-corrected chi connectivity index (χ0v) is 16.7. The number of carbonyl (C=O) groups excluding carboxylic acids is 2. The second kappa shape index (κ2) is 7.98. The first-order chi connectivity index (χ1) is 14.5. The van der Waals surface area contributed by atoms with E-state index in [1.807, 2.05) is 18.2 Å². The maximum Gasteiger partial charge on any atom is 0.339 e. The highest BCUT2D eigenvalue weighted by Crippen LogP contribution is 2.48. The van der Waals surface area contributed by atoms with Crippen molar-refractivity contribution >= 4 is 11.9 Å². The fourth-order valence-electron chi connectivity index (χ4n) is 3.64. The first-order valence-electron chi connectivity index (χ1n) is 9.22. The molecular weight excluding hydrogens is 392 g/mol. The molecule has 0 bridgehead atoms. The van der Waals surface area contributed by atoms with Crippen molar-refractivity contribution in [2.45, 2.75) is 12.8 Å². The van der Waals surface area contributed by atoms with Crippen LogP contribution in [0.3, 0.4) is 0 Å². The summed E-state index contributed by atoms with van der Waals surface area (Å²) in [6, 6.07) is 10.5. The number of ether oxygens (including phenoxy) is 6. The van der Waals surface area contributed by atoms with Crippen LogP contribution in [0.25, 0.3) is 0 Å². The van der Waals surface area contributed by atoms with Gasteiger partial charge in [-0.15, -0.1) is 0 Å². The summed E-state index contributed by atoms with van der Waals surface area (Å²) in [7, 11) is 3.02. The number of hydrogen-bond acceptors (Lipinski definition) is 8. The molecule has 1 atom stereocenters.